The van der Waals surface area contributed by atoms with Gasteiger partial charge in [-0.15, -0.1) is 0 Å². The van der Waals surface area contributed by atoms with Crippen LogP contribution in [0.25, 0.3) is 0 Å². The average molecular weight is 204 g/mol. The number of rotatable bonds is 6. The molecule has 0 aromatic carbocycles. The van der Waals surface area contributed by atoms with Crippen molar-refractivity contribution in [1.29, 1.82) is 0 Å². The Morgan fingerprint density at radius 2 is 1.64 bits per heavy atom. The van der Waals surface area contributed by atoms with Crippen molar-refractivity contribution >= 4 is 17.7 Å². The molecule has 2 unspecified atom stereocenters. The molecule has 0 aromatic heterocycles. The second kappa shape index (κ2) is 5.30. The number of carbonyl (C=O) groups excluding carboxylic acids is 1. The summed E-state index contributed by atoms with van der Waals surface area (Å²) >= 11 is 0. The summed E-state index contributed by atoms with van der Waals surface area (Å²) in [5.74, 6) is -3.43. The number of carboxylic acids is 2. The van der Waals surface area contributed by atoms with Gasteiger partial charge in [-0.2, -0.15) is 0 Å². The maximum atomic E-state index is 11.1. The Morgan fingerprint density at radius 3 is 2.00 bits per heavy atom. The fraction of sp³-hybridized carbons (Fsp3) is 0.571. The summed E-state index contributed by atoms with van der Waals surface area (Å²) in [6.45, 7) is 0. The first kappa shape index (κ1) is 12.5. The molecule has 6 N–H and O–H groups in total. The van der Waals surface area contributed by atoms with Crippen LogP contribution in [-0.2, 0) is 14.4 Å². The van der Waals surface area contributed by atoms with Crippen LogP contribution in [0.3, 0.4) is 0 Å². The largest absolute Gasteiger partial charge is 0.481 e. The standard InChI is InChI=1S/C7H12N2O5/c8-3(1-2-4(10)11)6(12)5(9)7(13)14/h3,5H,1-2,8-9H2,(H,10,11)(H,13,14). The topological polar surface area (TPSA) is 144 Å². The van der Waals surface area contributed by atoms with Gasteiger partial charge >= 0.3 is 11.9 Å². The minimum Gasteiger partial charge on any atom is -0.481 e. The van der Waals surface area contributed by atoms with Gasteiger partial charge in [-0.1, -0.05) is 0 Å². The van der Waals surface area contributed by atoms with Crippen LogP contribution in [0.15, 0.2) is 0 Å². The first-order valence-electron chi connectivity index (χ1n) is 3.85. The molecule has 0 aliphatic carbocycles. The van der Waals surface area contributed by atoms with Gasteiger partial charge in [0.05, 0.1) is 6.04 Å². The molecule has 14 heavy (non-hydrogen) atoms. The van der Waals surface area contributed by atoms with E-state index in [1.54, 1.807) is 0 Å². The van der Waals surface area contributed by atoms with E-state index in [0.29, 0.717) is 0 Å². The minimum absolute atomic E-state index is 0.116. The predicted molar refractivity (Wildman–Crippen MR) is 45.5 cm³/mol. The third-order valence-corrected chi connectivity index (χ3v) is 1.61. The van der Waals surface area contributed by atoms with Crippen molar-refractivity contribution in [3.63, 3.8) is 0 Å². The van der Waals surface area contributed by atoms with E-state index in [0.717, 1.165) is 0 Å². The predicted octanol–water partition coefficient (Wildman–Crippen LogP) is -1.84. The Balaban J connectivity index is 4.11. The van der Waals surface area contributed by atoms with Crippen molar-refractivity contribution in [1.82, 2.24) is 0 Å². The number of carboxylic acid groups (broad SMARTS) is 2. The Morgan fingerprint density at radius 1 is 1.14 bits per heavy atom. The van der Waals surface area contributed by atoms with Crippen molar-refractivity contribution in [3.05, 3.63) is 0 Å². The Bertz CT molecular complexity index is 252. The van der Waals surface area contributed by atoms with Gasteiger partial charge in [0.25, 0.3) is 0 Å². The quantitative estimate of drug-likeness (QED) is 0.372. The molecule has 0 saturated heterocycles. The highest BCUT2D eigenvalue weighted by Gasteiger charge is 2.26. The molecule has 7 heteroatoms. The summed E-state index contributed by atoms with van der Waals surface area (Å²) in [5.41, 5.74) is 10.2. The Hall–Kier alpha value is -1.47. The molecule has 0 bridgehead atoms. The van der Waals surface area contributed by atoms with Crippen molar-refractivity contribution in [2.24, 2.45) is 11.5 Å². The van der Waals surface area contributed by atoms with E-state index in [2.05, 4.69) is 0 Å². The SMILES string of the molecule is NC(CCC(=O)O)C(=O)C(N)C(=O)O. The molecule has 0 saturated carbocycles. The molecule has 0 amide bonds. The molecule has 0 aliphatic heterocycles. The van der Waals surface area contributed by atoms with Gasteiger partial charge in [-0.25, -0.2) is 0 Å². The van der Waals surface area contributed by atoms with Crippen molar-refractivity contribution < 1.29 is 24.6 Å². The smallest absolute Gasteiger partial charge is 0.328 e. The molecule has 0 aromatic rings. The first-order chi connectivity index (χ1) is 6.36. The molecular weight excluding hydrogens is 192 g/mol. The van der Waals surface area contributed by atoms with Crippen LogP contribution >= 0.6 is 0 Å². The van der Waals surface area contributed by atoms with Crippen LogP contribution in [0.2, 0.25) is 0 Å². The number of nitrogens with two attached hydrogens (primary N) is 2. The molecule has 80 valence electrons. The lowest BCUT2D eigenvalue weighted by atomic mass is 10.0. The van der Waals surface area contributed by atoms with Crippen molar-refractivity contribution in [3.8, 4) is 0 Å². The lowest BCUT2D eigenvalue weighted by molar-refractivity contribution is -0.142. The molecule has 0 aliphatic rings. The molecule has 0 radical (unpaired) electrons. The zero-order valence-electron chi connectivity index (χ0n) is 7.34. The van der Waals surface area contributed by atoms with E-state index in [4.69, 9.17) is 21.7 Å². The molecule has 7 nitrogen and oxygen atoms in total. The summed E-state index contributed by atoms with van der Waals surface area (Å²) in [6.07, 6.45) is -0.408. The summed E-state index contributed by atoms with van der Waals surface area (Å²) in [4.78, 5) is 31.5. The normalized spacial score (nSPS) is 14.4. The first-order valence-corrected chi connectivity index (χ1v) is 3.85. The van der Waals surface area contributed by atoms with Crippen LogP contribution in [0, 0.1) is 0 Å². The highest BCUT2D eigenvalue weighted by molar-refractivity contribution is 6.04. The Labute approximate surface area is 79.7 Å². The average Bonchev–Trinajstić information content (AvgIpc) is 2.11. The zero-order chi connectivity index (χ0) is 11.3. The van der Waals surface area contributed by atoms with Gasteiger partial charge in [0, 0.05) is 6.42 Å². The molecule has 0 heterocycles. The maximum Gasteiger partial charge on any atom is 0.328 e. The van der Waals surface area contributed by atoms with Crippen LogP contribution in [-0.4, -0.2) is 40.0 Å². The fourth-order valence-corrected chi connectivity index (χ4v) is 0.774. The van der Waals surface area contributed by atoms with E-state index < -0.39 is 29.8 Å². The number of aliphatic carboxylic acids is 2. The number of ketones is 1. The highest BCUT2D eigenvalue weighted by Crippen LogP contribution is 1.98. The summed E-state index contributed by atoms with van der Waals surface area (Å²) in [6, 6.07) is -2.82. The number of hydrogen-bond acceptors (Lipinski definition) is 5. The fourth-order valence-electron chi connectivity index (χ4n) is 0.774. The van der Waals surface area contributed by atoms with Gasteiger partial charge < -0.3 is 21.7 Å². The number of hydrogen-bond donors (Lipinski definition) is 4. The van der Waals surface area contributed by atoms with E-state index in [1.165, 1.54) is 0 Å². The monoisotopic (exact) mass is 204 g/mol. The molecule has 0 rings (SSSR count). The van der Waals surface area contributed by atoms with E-state index >= 15 is 0 Å². The van der Waals surface area contributed by atoms with Gasteiger partial charge in [0.2, 0.25) is 0 Å². The number of carbonyl (C=O) groups is 3. The molecule has 0 spiro atoms. The van der Waals surface area contributed by atoms with Gasteiger partial charge in [0.1, 0.15) is 0 Å². The van der Waals surface area contributed by atoms with Crippen LogP contribution in [0.5, 0.6) is 0 Å². The van der Waals surface area contributed by atoms with E-state index in [-0.39, 0.29) is 12.8 Å². The second-order valence-corrected chi connectivity index (χ2v) is 2.76. The highest BCUT2D eigenvalue weighted by atomic mass is 16.4. The number of Topliss-reactive ketones (excluding diaryl/α,β-unsaturated/α-hetero) is 1. The molecule has 0 fully saturated rings. The minimum atomic E-state index is -1.68. The third-order valence-electron chi connectivity index (χ3n) is 1.61. The zero-order valence-corrected chi connectivity index (χ0v) is 7.34. The van der Waals surface area contributed by atoms with Crippen molar-refractivity contribution in [2.45, 2.75) is 24.9 Å². The van der Waals surface area contributed by atoms with Gasteiger partial charge in [-0.3, -0.25) is 14.4 Å². The maximum absolute atomic E-state index is 11.1. The van der Waals surface area contributed by atoms with Crippen LogP contribution in [0.1, 0.15) is 12.8 Å². The van der Waals surface area contributed by atoms with Crippen molar-refractivity contribution in [2.75, 3.05) is 0 Å². The summed E-state index contributed by atoms with van der Waals surface area (Å²) < 4.78 is 0. The van der Waals surface area contributed by atoms with E-state index in [1.807, 2.05) is 0 Å². The van der Waals surface area contributed by atoms with Gasteiger partial charge in [-0.05, 0) is 6.42 Å². The molecule has 2 atom stereocenters. The third kappa shape index (κ3) is 3.97. The summed E-state index contributed by atoms with van der Waals surface area (Å²) in [5, 5.41) is 16.6. The molecular formula is C7H12N2O5. The van der Waals surface area contributed by atoms with Crippen LogP contribution < -0.4 is 11.5 Å². The lowest BCUT2D eigenvalue weighted by Gasteiger charge is -2.11. The van der Waals surface area contributed by atoms with Crippen LogP contribution in [0.4, 0.5) is 0 Å². The lowest BCUT2D eigenvalue weighted by Crippen LogP contribution is -2.47. The van der Waals surface area contributed by atoms with Gasteiger partial charge in [0.15, 0.2) is 11.8 Å². The summed E-state index contributed by atoms with van der Waals surface area (Å²) in [7, 11) is 0. The van der Waals surface area contributed by atoms with E-state index in [9.17, 15) is 14.4 Å². The Kier molecular flexibility index (Phi) is 4.74. The second-order valence-electron chi connectivity index (χ2n) is 2.76.